The number of benzene rings is 1. The molecule has 0 spiro atoms. The van der Waals surface area contributed by atoms with E-state index in [2.05, 4.69) is 19.4 Å². The van der Waals surface area contributed by atoms with Gasteiger partial charge < -0.3 is 20.7 Å². The molecule has 1 aromatic heterocycles. The van der Waals surface area contributed by atoms with Gasteiger partial charge in [0.25, 0.3) is 5.91 Å². The van der Waals surface area contributed by atoms with E-state index >= 15 is 0 Å². The van der Waals surface area contributed by atoms with Crippen molar-refractivity contribution in [2.24, 2.45) is 10.1 Å². The predicted octanol–water partition coefficient (Wildman–Crippen LogP) is 1.11. The zero-order valence-electron chi connectivity index (χ0n) is 17.1. The highest BCUT2D eigenvalue weighted by molar-refractivity contribution is 7.91. The number of carbonyl (C=O) groups is 1. The van der Waals surface area contributed by atoms with Gasteiger partial charge in [0.15, 0.2) is 5.84 Å². The Kier molecular flexibility index (Phi) is 5.57. The molecule has 0 radical (unpaired) electrons. The second kappa shape index (κ2) is 7.82. The van der Waals surface area contributed by atoms with Crippen molar-refractivity contribution >= 4 is 33.5 Å². The Morgan fingerprint density at radius 3 is 2.73 bits per heavy atom. The van der Waals surface area contributed by atoms with E-state index in [1.165, 1.54) is 0 Å². The van der Waals surface area contributed by atoms with Crippen molar-refractivity contribution in [3.63, 3.8) is 0 Å². The number of nitrogens with two attached hydrogens (primary N) is 1. The molecule has 0 aliphatic carbocycles. The first-order valence-electron chi connectivity index (χ1n) is 9.08. The van der Waals surface area contributed by atoms with Gasteiger partial charge in [0, 0.05) is 25.9 Å². The van der Waals surface area contributed by atoms with Crippen LogP contribution in [-0.2, 0) is 10.2 Å². The van der Waals surface area contributed by atoms with Crippen LogP contribution in [0, 0.1) is 0 Å². The molecule has 1 amide bonds. The van der Waals surface area contributed by atoms with Crippen LogP contribution in [0.5, 0.6) is 5.75 Å². The van der Waals surface area contributed by atoms with Crippen LogP contribution in [0.3, 0.4) is 0 Å². The van der Waals surface area contributed by atoms with E-state index in [1.807, 2.05) is 32.8 Å². The minimum atomic E-state index is -3.87. The number of fused-ring (bicyclic) bond motifs is 1. The molecule has 0 unspecified atom stereocenters. The van der Waals surface area contributed by atoms with Crippen LogP contribution in [0.1, 0.15) is 29.8 Å². The van der Waals surface area contributed by atoms with Crippen molar-refractivity contribution in [3.05, 3.63) is 47.7 Å². The number of pyridine rings is 1. The predicted molar refractivity (Wildman–Crippen MR) is 115 cm³/mol. The summed E-state index contributed by atoms with van der Waals surface area (Å²) in [5, 5.41) is 2.93. The SMILES string of the molecule is CN(C)c1cc(C(=O)NC(C)(C)COc2cccc3c2C(N)=NS(=O)(=O)N3)ccn1. The lowest BCUT2D eigenvalue weighted by Gasteiger charge is -2.28. The van der Waals surface area contributed by atoms with Crippen LogP contribution in [0.15, 0.2) is 40.9 Å². The molecule has 1 aliphatic heterocycles. The van der Waals surface area contributed by atoms with Gasteiger partial charge in [0.2, 0.25) is 0 Å². The maximum absolute atomic E-state index is 12.7. The van der Waals surface area contributed by atoms with E-state index in [4.69, 9.17) is 10.5 Å². The minimum Gasteiger partial charge on any atom is -0.490 e. The number of ether oxygens (including phenoxy) is 1. The normalized spacial score (nSPS) is 14.7. The average molecular weight is 433 g/mol. The van der Waals surface area contributed by atoms with Crippen molar-refractivity contribution in [3.8, 4) is 5.75 Å². The van der Waals surface area contributed by atoms with Crippen molar-refractivity contribution in [1.29, 1.82) is 0 Å². The number of anilines is 2. The van der Waals surface area contributed by atoms with Crippen molar-refractivity contribution in [1.82, 2.24) is 10.3 Å². The van der Waals surface area contributed by atoms with Crippen molar-refractivity contribution in [2.45, 2.75) is 19.4 Å². The molecule has 1 aromatic carbocycles. The summed E-state index contributed by atoms with van der Waals surface area (Å²) in [4.78, 5) is 18.7. The number of hydrogen-bond acceptors (Lipinski definition) is 7. The fourth-order valence-electron chi connectivity index (χ4n) is 2.82. The highest BCUT2D eigenvalue weighted by atomic mass is 32.2. The zero-order chi connectivity index (χ0) is 22.1. The Balaban J connectivity index is 1.73. The fourth-order valence-corrected chi connectivity index (χ4v) is 3.66. The number of amidine groups is 1. The maximum Gasteiger partial charge on any atom is 0.344 e. The zero-order valence-corrected chi connectivity index (χ0v) is 17.9. The lowest BCUT2D eigenvalue weighted by molar-refractivity contribution is 0.0880. The van der Waals surface area contributed by atoms with E-state index in [0.29, 0.717) is 22.7 Å². The molecule has 3 rings (SSSR count). The first-order valence-corrected chi connectivity index (χ1v) is 10.5. The van der Waals surface area contributed by atoms with Gasteiger partial charge in [-0.1, -0.05) is 6.07 Å². The molecule has 160 valence electrons. The van der Waals surface area contributed by atoms with Gasteiger partial charge >= 0.3 is 10.2 Å². The number of nitrogens with zero attached hydrogens (tertiary/aromatic N) is 3. The fraction of sp³-hybridized carbons (Fsp3) is 0.316. The highest BCUT2D eigenvalue weighted by Gasteiger charge is 2.27. The molecular weight excluding hydrogens is 408 g/mol. The van der Waals surface area contributed by atoms with Crippen LogP contribution in [0.2, 0.25) is 0 Å². The Labute approximate surface area is 175 Å². The molecular formula is C19H24N6O4S. The standard InChI is InChI=1S/C19H24N6O4S/c1-19(2,22-18(26)12-8-9-21-15(10-12)25(3)4)11-29-14-7-5-6-13-16(14)17(20)24-30(27,28)23-13/h5-10,23H,11H2,1-4H3,(H2,20,24)(H,22,26). The first kappa shape index (κ1) is 21.4. The third kappa shape index (κ3) is 4.79. The first-order chi connectivity index (χ1) is 14.0. The van der Waals surface area contributed by atoms with Crippen LogP contribution in [0.25, 0.3) is 0 Å². The number of hydrogen-bond donors (Lipinski definition) is 3. The molecule has 0 fully saturated rings. The third-order valence-electron chi connectivity index (χ3n) is 4.25. The molecule has 30 heavy (non-hydrogen) atoms. The van der Waals surface area contributed by atoms with Gasteiger partial charge in [-0.05, 0) is 38.1 Å². The summed E-state index contributed by atoms with van der Waals surface area (Å²) in [5.41, 5.74) is 6.22. The second-order valence-corrected chi connectivity index (χ2v) is 8.99. The molecule has 0 atom stereocenters. The summed E-state index contributed by atoms with van der Waals surface area (Å²) in [6.07, 6.45) is 1.58. The Morgan fingerprint density at radius 1 is 1.30 bits per heavy atom. The molecule has 4 N–H and O–H groups in total. The van der Waals surface area contributed by atoms with Crippen LogP contribution >= 0.6 is 0 Å². The van der Waals surface area contributed by atoms with E-state index in [1.54, 1.807) is 36.5 Å². The van der Waals surface area contributed by atoms with Crippen LogP contribution in [0.4, 0.5) is 11.5 Å². The molecule has 1 aliphatic rings. The van der Waals surface area contributed by atoms with E-state index in [9.17, 15) is 13.2 Å². The third-order valence-corrected chi connectivity index (χ3v) is 5.16. The highest BCUT2D eigenvalue weighted by Crippen LogP contribution is 2.30. The van der Waals surface area contributed by atoms with Gasteiger partial charge in [-0.2, -0.15) is 8.42 Å². The van der Waals surface area contributed by atoms with Crippen LogP contribution in [-0.4, -0.2) is 51.4 Å². The quantitative estimate of drug-likeness (QED) is 0.621. The summed E-state index contributed by atoms with van der Waals surface area (Å²) < 4.78 is 35.1. The average Bonchev–Trinajstić information content (AvgIpc) is 2.65. The molecule has 0 saturated heterocycles. The number of aromatic nitrogens is 1. The summed E-state index contributed by atoms with van der Waals surface area (Å²) in [6, 6.07) is 8.20. The molecule has 2 aromatic rings. The second-order valence-electron chi connectivity index (χ2n) is 7.66. The molecule has 2 heterocycles. The number of carbonyl (C=O) groups excluding carboxylic acids is 1. The molecule has 10 nitrogen and oxygen atoms in total. The molecule has 0 saturated carbocycles. The topological polar surface area (TPSA) is 139 Å². The summed E-state index contributed by atoms with van der Waals surface area (Å²) >= 11 is 0. The maximum atomic E-state index is 12.7. The van der Waals surface area contributed by atoms with Gasteiger partial charge in [-0.25, -0.2) is 4.98 Å². The number of nitrogens with one attached hydrogen (secondary N) is 2. The lowest BCUT2D eigenvalue weighted by Crippen LogP contribution is -2.48. The summed E-state index contributed by atoms with van der Waals surface area (Å²) in [5.74, 6) is 0.606. The van der Waals surface area contributed by atoms with E-state index in [-0.39, 0.29) is 24.0 Å². The Bertz CT molecular complexity index is 1110. The monoisotopic (exact) mass is 432 g/mol. The van der Waals surface area contributed by atoms with Crippen LogP contribution < -0.4 is 25.4 Å². The van der Waals surface area contributed by atoms with Gasteiger partial charge in [-0.3, -0.25) is 9.52 Å². The smallest absolute Gasteiger partial charge is 0.344 e. The number of rotatable bonds is 6. The van der Waals surface area contributed by atoms with E-state index < -0.39 is 15.7 Å². The van der Waals surface area contributed by atoms with Crippen molar-refractivity contribution < 1.29 is 17.9 Å². The summed E-state index contributed by atoms with van der Waals surface area (Å²) in [7, 11) is -0.181. The Hall–Kier alpha value is -3.34. The summed E-state index contributed by atoms with van der Waals surface area (Å²) in [6.45, 7) is 3.74. The number of amides is 1. The largest absolute Gasteiger partial charge is 0.490 e. The Morgan fingerprint density at radius 2 is 2.03 bits per heavy atom. The van der Waals surface area contributed by atoms with Gasteiger partial charge in [0.1, 0.15) is 18.2 Å². The molecule has 11 heteroatoms. The van der Waals surface area contributed by atoms with Crippen molar-refractivity contribution in [2.75, 3.05) is 30.3 Å². The van der Waals surface area contributed by atoms with Gasteiger partial charge in [0.05, 0.1) is 16.8 Å². The minimum absolute atomic E-state index is 0.112. The molecule has 0 bridgehead atoms. The lowest BCUT2D eigenvalue weighted by atomic mass is 10.1. The van der Waals surface area contributed by atoms with E-state index in [0.717, 1.165) is 0 Å². The van der Waals surface area contributed by atoms with Gasteiger partial charge in [-0.15, -0.1) is 4.40 Å².